The molecule has 0 rings (SSSR count). The SMILES string of the molecule is C/C=C(\C(C)(C)C)[Si](C)(O[Si](C)(C)C)O[Si](C)(C)C. The monoisotopic (exact) mass is 318 g/mol. The zero-order chi connectivity index (χ0) is 15.7. The fourth-order valence-corrected chi connectivity index (χ4v) is 15.3. The number of allylic oxidation sites excluding steroid dienone is 2. The summed E-state index contributed by atoms with van der Waals surface area (Å²) in [6, 6.07) is 0. The first-order valence-corrected chi connectivity index (χ1v) is 16.3. The van der Waals surface area contributed by atoms with Crippen molar-refractivity contribution in [1.82, 2.24) is 0 Å². The predicted octanol–water partition coefficient (Wildman–Crippen LogP) is 5.29. The summed E-state index contributed by atoms with van der Waals surface area (Å²) in [5.74, 6) is 0. The molecule has 0 aliphatic carbocycles. The second-order valence-electron chi connectivity index (χ2n) is 8.33. The van der Waals surface area contributed by atoms with Crippen molar-refractivity contribution in [2.45, 2.75) is 73.5 Å². The molecule has 0 amide bonds. The van der Waals surface area contributed by atoms with E-state index in [1.165, 1.54) is 5.20 Å². The summed E-state index contributed by atoms with van der Waals surface area (Å²) in [6.07, 6.45) is 2.23. The summed E-state index contributed by atoms with van der Waals surface area (Å²) in [4.78, 5) is 0. The molecule has 0 atom stereocenters. The molecule has 0 heterocycles. The average molecular weight is 319 g/mol. The van der Waals surface area contributed by atoms with Crippen LogP contribution in [0.1, 0.15) is 27.7 Å². The van der Waals surface area contributed by atoms with E-state index in [1.54, 1.807) is 0 Å². The minimum atomic E-state index is -2.30. The summed E-state index contributed by atoms with van der Waals surface area (Å²) in [5.41, 5.74) is 0.106. The van der Waals surface area contributed by atoms with Crippen LogP contribution in [0.5, 0.6) is 0 Å². The van der Waals surface area contributed by atoms with E-state index in [-0.39, 0.29) is 5.41 Å². The quantitative estimate of drug-likeness (QED) is 0.641. The highest BCUT2D eigenvalue weighted by atomic mass is 28.5. The molecule has 114 valence electrons. The summed E-state index contributed by atoms with van der Waals surface area (Å²) in [5, 5.41) is 1.38. The van der Waals surface area contributed by atoms with Gasteiger partial charge in [0.2, 0.25) is 0 Å². The second kappa shape index (κ2) is 5.97. The van der Waals surface area contributed by atoms with Crippen LogP contribution in [0.25, 0.3) is 0 Å². The van der Waals surface area contributed by atoms with Gasteiger partial charge in [0, 0.05) is 0 Å². The Morgan fingerprint density at radius 2 is 1.11 bits per heavy atom. The van der Waals surface area contributed by atoms with Gasteiger partial charge in [0.15, 0.2) is 16.6 Å². The molecule has 0 fully saturated rings. The first-order chi connectivity index (χ1) is 8.11. The molecule has 0 radical (unpaired) electrons. The molecule has 0 N–H and O–H groups in total. The van der Waals surface area contributed by atoms with E-state index in [2.05, 4.69) is 79.6 Å². The van der Waals surface area contributed by atoms with Crippen LogP contribution in [-0.2, 0) is 8.23 Å². The van der Waals surface area contributed by atoms with Crippen molar-refractivity contribution in [3.05, 3.63) is 11.3 Å². The third kappa shape index (κ3) is 7.04. The van der Waals surface area contributed by atoms with Gasteiger partial charge in [-0.15, -0.1) is 0 Å². The van der Waals surface area contributed by atoms with Gasteiger partial charge in [-0.25, -0.2) is 0 Å². The Kier molecular flexibility index (Phi) is 6.07. The predicted molar refractivity (Wildman–Crippen MR) is 93.7 cm³/mol. The molecule has 0 saturated heterocycles. The lowest BCUT2D eigenvalue weighted by atomic mass is 9.96. The largest absolute Gasteiger partial charge is 0.434 e. The van der Waals surface area contributed by atoms with E-state index >= 15 is 0 Å². The molecule has 0 spiro atoms. The number of rotatable bonds is 5. The van der Waals surface area contributed by atoms with Crippen LogP contribution >= 0.6 is 0 Å². The minimum Gasteiger partial charge on any atom is -0.434 e. The molecule has 2 nitrogen and oxygen atoms in total. The Labute approximate surface area is 124 Å². The van der Waals surface area contributed by atoms with Crippen LogP contribution in [0.15, 0.2) is 11.3 Å². The van der Waals surface area contributed by atoms with Gasteiger partial charge in [-0.1, -0.05) is 26.8 Å². The van der Waals surface area contributed by atoms with Crippen molar-refractivity contribution in [3.8, 4) is 0 Å². The van der Waals surface area contributed by atoms with Gasteiger partial charge >= 0.3 is 8.56 Å². The van der Waals surface area contributed by atoms with Gasteiger partial charge in [0.05, 0.1) is 0 Å². The lowest BCUT2D eigenvalue weighted by Crippen LogP contribution is -2.56. The van der Waals surface area contributed by atoms with Gasteiger partial charge in [-0.3, -0.25) is 0 Å². The van der Waals surface area contributed by atoms with Gasteiger partial charge in [0.25, 0.3) is 0 Å². The zero-order valence-corrected chi connectivity index (χ0v) is 17.9. The maximum atomic E-state index is 6.60. The normalized spacial score (nSPS) is 15.8. The second-order valence-corrected chi connectivity index (χ2v) is 20.8. The van der Waals surface area contributed by atoms with E-state index < -0.39 is 25.2 Å². The standard InChI is InChI=1S/C14H34O2Si3/c1-12-13(14(2,3)4)19(11,15-17(5,6)7)16-18(8,9)10/h12H,1-11H3/b13-12+. The molecule has 0 aromatic carbocycles. The lowest BCUT2D eigenvalue weighted by molar-refractivity contribution is 0.373. The molecule has 0 saturated carbocycles. The van der Waals surface area contributed by atoms with Gasteiger partial charge < -0.3 is 8.23 Å². The highest BCUT2D eigenvalue weighted by Gasteiger charge is 2.46. The Bertz CT molecular complexity index is 314. The smallest absolute Gasteiger partial charge is 0.344 e. The van der Waals surface area contributed by atoms with E-state index in [0.717, 1.165) is 0 Å². The Balaban J connectivity index is 5.64. The van der Waals surface area contributed by atoms with Gasteiger partial charge in [-0.2, -0.15) is 0 Å². The molecule has 0 aliphatic heterocycles. The van der Waals surface area contributed by atoms with Crippen molar-refractivity contribution in [2.75, 3.05) is 0 Å². The molecule has 19 heavy (non-hydrogen) atoms. The van der Waals surface area contributed by atoms with E-state index in [0.29, 0.717) is 0 Å². The van der Waals surface area contributed by atoms with Crippen LogP contribution < -0.4 is 0 Å². The van der Waals surface area contributed by atoms with E-state index in [4.69, 9.17) is 8.23 Å². The fourth-order valence-electron chi connectivity index (χ4n) is 2.68. The highest BCUT2D eigenvalue weighted by molar-refractivity contribution is 6.91. The third-order valence-corrected chi connectivity index (χ3v) is 12.6. The van der Waals surface area contributed by atoms with E-state index in [1.807, 2.05) is 0 Å². The molecular formula is C14H34O2Si3. The van der Waals surface area contributed by atoms with Crippen molar-refractivity contribution in [2.24, 2.45) is 5.41 Å². The Morgan fingerprint density at radius 1 is 0.789 bits per heavy atom. The van der Waals surface area contributed by atoms with Crippen LogP contribution in [0.3, 0.4) is 0 Å². The molecule has 0 aromatic rings. The molecule has 0 aromatic heterocycles. The number of hydrogen-bond donors (Lipinski definition) is 0. The fraction of sp³-hybridized carbons (Fsp3) is 0.857. The average Bonchev–Trinajstić information content (AvgIpc) is 1.91. The first kappa shape index (κ1) is 19.3. The lowest BCUT2D eigenvalue weighted by Gasteiger charge is -2.43. The van der Waals surface area contributed by atoms with Crippen LogP contribution in [0, 0.1) is 5.41 Å². The summed E-state index contributed by atoms with van der Waals surface area (Å²) < 4.78 is 13.2. The van der Waals surface area contributed by atoms with Crippen molar-refractivity contribution >= 4 is 25.2 Å². The summed E-state index contributed by atoms with van der Waals surface area (Å²) in [6.45, 7) is 24.6. The van der Waals surface area contributed by atoms with Crippen molar-refractivity contribution < 1.29 is 8.23 Å². The molecule has 0 bridgehead atoms. The van der Waals surface area contributed by atoms with Crippen LogP contribution in [0.4, 0.5) is 0 Å². The van der Waals surface area contributed by atoms with Crippen LogP contribution in [0.2, 0.25) is 45.8 Å². The molecule has 0 unspecified atom stereocenters. The summed E-state index contributed by atoms with van der Waals surface area (Å²) in [7, 11) is -5.56. The maximum Gasteiger partial charge on any atom is 0.344 e. The maximum absolute atomic E-state index is 6.60. The Hall–Kier alpha value is 0.311. The van der Waals surface area contributed by atoms with Crippen LogP contribution in [-0.4, -0.2) is 25.2 Å². The molecule has 0 aliphatic rings. The van der Waals surface area contributed by atoms with Crippen molar-refractivity contribution in [3.63, 3.8) is 0 Å². The molecule has 5 heteroatoms. The molecular weight excluding hydrogens is 284 g/mol. The Morgan fingerprint density at radius 3 is 1.26 bits per heavy atom. The van der Waals surface area contributed by atoms with Gasteiger partial charge in [-0.05, 0) is 63.4 Å². The van der Waals surface area contributed by atoms with Crippen molar-refractivity contribution in [1.29, 1.82) is 0 Å². The highest BCUT2D eigenvalue weighted by Crippen LogP contribution is 2.37. The first-order valence-electron chi connectivity index (χ1n) is 7.18. The topological polar surface area (TPSA) is 18.5 Å². The van der Waals surface area contributed by atoms with E-state index in [9.17, 15) is 0 Å². The third-order valence-electron chi connectivity index (χ3n) is 2.59. The van der Waals surface area contributed by atoms with Gasteiger partial charge in [0.1, 0.15) is 0 Å². The minimum absolute atomic E-state index is 0.106. The number of hydrogen-bond acceptors (Lipinski definition) is 2. The zero-order valence-electron chi connectivity index (χ0n) is 14.9. The summed E-state index contributed by atoms with van der Waals surface area (Å²) >= 11 is 0.